The first-order valence-corrected chi connectivity index (χ1v) is 5.17. The number of aromatic hydroxyl groups is 1. The fourth-order valence-corrected chi connectivity index (χ4v) is 1.67. The van der Waals surface area contributed by atoms with Crippen molar-refractivity contribution in [1.82, 2.24) is 0 Å². The van der Waals surface area contributed by atoms with Crippen LogP contribution in [0.2, 0.25) is 5.02 Å². The maximum Gasteiger partial charge on any atom is 0.137 e. The molecule has 0 saturated heterocycles. The van der Waals surface area contributed by atoms with Crippen molar-refractivity contribution in [2.45, 2.75) is 26.0 Å². The number of hydrogen-bond donors (Lipinski definition) is 2. The second-order valence-corrected chi connectivity index (χ2v) is 4.06. The predicted molar refractivity (Wildman–Crippen MR) is 61.2 cm³/mol. The van der Waals surface area contributed by atoms with Crippen LogP contribution in [0.25, 0.3) is 0 Å². The maximum atomic E-state index is 9.81. The van der Waals surface area contributed by atoms with Crippen LogP contribution >= 0.6 is 11.6 Å². The summed E-state index contributed by atoms with van der Waals surface area (Å²) in [6.07, 6.45) is 0.588. The Morgan fingerprint density at radius 2 is 2.20 bits per heavy atom. The quantitative estimate of drug-likeness (QED) is 0.831. The highest BCUT2D eigenvalue weighted by Gasteiger charge is 2.12. The van der Waals surface area contributed by atoms with Gasteiger partial charge in [0.15, 0.2) is 0 Å². The van der Waals surface area contributed by atoms with Crippen LogP contribution in [0.1, 0.15) is 18.1 Å². The first-order valence-electron chi connectivity index (χ1n) is 4.80. The van der Waals surface area contributed by atoms with Gasteiger partial charge >= 0.3 is 0 Å². The standard InChI is InChI=1S/C11H16ClNO2/c1-7(13)5-9-8(6-15-2)3-4-10(12)11(9)14/h3-4,7,14H,5-6,13H2,1-2H3. The molecule has 0 radical (unpaired) electrons. The van der Waals surface area contributed by atoms with Crippen LogP contribution in [0.15, 0.2) is 12.1 Å². The Hall–Kier alpha value is -0.770. The molecule has 4 heteroatoms. The molecule has 0 aromatic heterocycles. The summed E-state index contributed by atoms with van der Waals surface area (Å²) in [6.45, 7) is 2.34. The fraction of sp³-hybridized carbons (Fsp3) is 0.455. The maximum absolute atomic E-state index is 9.81. The zero-order valence-electron chi connectivity index (χ0n) is 8.96. The van der Waals surface area contributed by atoms with Gasteiger partial charge in [-0.3, -0.25) is 0 Å². The third-order valence-corrected chi connectivity index (χ3v) is 2.46. The molecule has 0 fully saturated rings. The monoisotopic (exact) mass is 229 g/mol. The van der Waals surface area contributed by atoms with Crippen LogP contribution in [0.5, 0.6) is 5.75 Å². The van der Waals surface area contributed by atoms with Crippen LogP contribution in [0, 0.1) is 0 Å². The molecule has 1 rings (SSSR count). The zero-order valence-corrected chi connectivity index (χ0v) is 9.71. The molecule has 1 aromatic carbocycles. The third kappa shape index (κ3) is 3.09. The molecule has 0 bridgehead atoms. The Balaban J connectivity index is 3.10. The van der Waals surface area contributed by atoms with Crippen LogP contribution in [0.3, 0.4) is 0 Å². The average Bonchev–Trinajstić information content (AvgIpc) is 2.17. The molecule has 1 atom stereocenters. The molecule has 84 valence electrons. The lowest BCUT2D eigenvalue weighted by Gasteiger charge is -2.14. The third-order valence-electron chi connectivity index (χ3n) is 2.16. The normalized spacial score (nSPS) is 12.8. The van der Waals surface area contributed by atoms with Gasteiger partial charge in [0.25, 0.3) is 0 Å². The van der Waals surface area contributed by atoms with Crippen molar-refractivity contribution in [3.05, 3.63) is 28.3 Å². The molecular formula is C11H16ClNO2. The van der Waals surface area contributed by atoms with E-state index in [9.17, 15) is 5.11 Å². The summed E-state index contributed by atoms with van der Waals surface area (Å²) in [5.74, 6) is 0.114. The summed E-state index contributed by atoms with van der Waals surface area (Å²) in [5.41, 5.74) is 7.42. The molecule has 1 aromatic rings. The molecule has 0 aliphatic carbocycles. The predicted octanol–water partition coefficient (Wildman–Crippen LogP) is 2.08. The number of rotatable bonds is 4. The number of nitrogens with two attached hydrogens (primary N) is 1. The van der Waals surface area contributed by atoms with Crippen molar-refractivity contribution in [2.75, 3.05) is 7.11 Å². The number of methoxy groups -OCH3 is 1. The number of phenolic OH excluding ortho intramolecular Hbond substituents is 1. The van der Waals surface area contributed by atoms with Gasteiger partial charge in [0, 0.05) is 18.7 Å². The molecule has 0 aliphatic heterocycles. The van der Waals surface area contributed by atoms with E-state index in [1.807, 2.05) is 13.0 Å². The van der Waals surface area contributed by atoms with E-state index in [1.54, 1.807) is 13.2 Å². The summed E-state index contributed by atoms with van der Waals surface area (Å²) in [6, 6.07) is 3.49. The molecule has 3 N–H and O–H groups in total. The van der Waals surface area contributed by atoms with Gasteiger partial charge in [-0.25, -0.2) is 0 Å². The van der Waals surface area contributed by atoms with E-state index in [0.717, 1.165) is 11.1 Å². The molecule has 0 spiro atoms. The number of benzene rings is 1. The average molecular weight is 230 g/mol. The smallest absolute Gasteiger partial charge is 0.137 e. The number of phenols is 1. The number of ether oxygens (including phenoxy) is 1. The summed E-state index contributed by atoms with van der Waals surface area (Å²) in [5, 5.41) is 10.2. The van der Waals surface area contributed by atoms with E-state index >= 15 is 0 Å². The van der Waals surface area contributed by atoms with E-state index in [2.05, 4.69) is 0 Å². The molecule has 0 heterocycles. The first kappa shape index (κ1) is 12.3. The van der Waals surface area contributed by atoms with Gasteiger partial charge in [0.1, 0.15) is 5.75 Å². The van der Waals surface area contributed by atoms with E-state index in [4.69, 9.17) is 22.1 Å². The van der Waals surface area contributed by atoms with Crippen molar-refractivity contribution in [2.24, 2.45) is 5.73 Å². The van der Waals surface area contributed by atoms with Crippen LogP contribution in [-0.4, -0.2) is 18.3 Å². The second-order valence-electron chi connectivity index (χ2n) is 3.65. The van der Waals surface area contributed by atoms with Crippen molar-refractivity contribution in [3.63, 3.8) is 0 Å². The molecule has 15 heavy (non-hydrogen) atoms. The van der Waals surface area contributed by atoms with Gasteiger partial charge in [-0.2, -0.15) is 0 Å². The summed E-state index contributed by atoms with van der Waals surface area (Å²) < 4.78 is 5.05. The molecule has 0 aliphatic rings. The fourth-order valence-electron chi connectivity index (χ4n) is 1.49. The topological polar surface area (TPSA) is 55.5 Å². The van der Waals surface area contributed by atoms with Gasteiger partial charge in [0.2, 0.25) is 0 Å². The van der Waals surface area contributed by atoms with Crippen molar-refractivity contribution >= 4 is 11.6 Å². The SMILES string of the molecule is COCc1ccc(Cl)c(O)c1CC(C)N. The lowest BCUT2D eigenvalue weighted by Crippen LogP contribution is -2.19. The number of halogens is 1. The van der Waals surface area contributed by atoms with Gasteiger partial charge in [-0.15, -0.1) is 0 Å². The molecule has 0 saturated carbocycles. The van der Waals surface area contributed by atoms with E-state index in [0.29, 0.717) is 18.1 Å². The van der Waals surface area contributed by atoms with E-state index in [-0.39, 0.29) is 11.8 Å². The van der Waals surface area contributed by atoms with Crippen LogP contribution in [-0.2, 0) is 17.8 Å². The lowest BCUT2D eigenvalue weighted by molar-refractivity contribution is 0.183. The van der Waals surface area contributed by atoms with Crippen LogP contribution < -0.4 is 5.73 Å². The Morgan fingerprint density at radius 1 is 1.53 bits per heavy atom. The molecule has 3 nitrogen and oxygen atoms in total. The highest BCUT2D eigenvalue weighted by atomic mass is 35.5. The highest BCUT2D eigenvalue weighted by Crippen LogP contribution is 2.31. The second kappa shape index (κ2) is 5.35. The summed E-state index contributed by atoms with van der Waals surface area (Å²) in [4.78, 5) is 0. The minimum atomic E-state index is -0.0232. The minimum Gasteiger partial charge on any atom is -0.506 e. The number of hydrogen-bond acceptors (Lipinski definition) is 3. The van der Waals surface area contributed by atoms with Gasteiger partial charge in [-0.1, -0.05) is 17.7 Å². The van der Waals surface area contributed by atoms with Gasteiger partial charge < -0.3 is 15.6 Å². The molecular weight excluding hydrogens is 214 g/mol. The lowest BCUT2D eigenvalue weighted by atomic mass is 10.0. The van der Waals surface area contributed by atoms with Crippen molar-refractivity contribution < 1.29 is 9.84 Å². The van der Waals surface area contributed by atoms with Gasteiger partial charge in [0.05, 0.1) is 11.6 Å². The Bertz CT molecular complexity index is 340. The first-order chi connectivity index (χ1) is 7.06. The van der Waals surface area contributed by atoms with E-state index in [1.165, 1.54) is 0 Å². The van der Waals surface area contributed by atoms with E-state index < -0.39 is 0 Å². The summed E-state index contributed by atoms with van der Waals surface area (Å²) in [7, 11) is 1.61. The Labute approximate surface area is 94.8 Å². The van der Waals surface area contributed by atoms with Crippen molar-refractivity contribution in [3.8, 4) is 5.75 Å². The Morgan fingerprint density at radius 3 is 2.73 bits per heavy atom. The highest BCUT2D eigenvalue weighted by molar-refractivity contribution is 6.32. The minimum absolute atomic E-state index is 0.0232. The summed E-state index contributed by atoms with van der Waals surface area (Å²) >= 11 is 5.84. The zero-order chi connectivity index (χ0) is 11.4. The van der Waals surface area contributed by atoms with Gasteiger partial charge in [-0.05, 0) is 25.0 Å². The van der Waals surface area contributed by atoms with Crippen molar-refractivity contribution in [1.29, 1.82) is 0 Å². The molecule has 1 unspecified atom stereocenters. The largest absolute Gasteiger partial charge is 0.506 e. The molecule has 0 amide bonds. The Kier molecular flexibility index (Phi) is 4.39. The van der Waals surface area contributed by atoms with Crippen LogP contribution in [0.4, 0.5) is 0 Å².